The second kappa shape index (κ2) is 9.77. The summed E-state index contributed by atoms with van der Waals surface area (Å²) in [5, 5.41) is 16.5. The third-order valence-corrected chi connectivity index (χ3v) is 6.44. The van der Waals surface area contributed by atoms with E-state index >= 15 is 0 Å². The summed E-state index contributed by atoms with van der Waals surface area (Å²) in [4.78, 5) is 15.4. The summed E-state index contributed by atoms with van der Waals surface area (Å²) >= 11 is 0. The maximum Gasteiger partial charge on any atom is 0.229 e. The van der Waals surface area contributed by atoms with Crippen molar-refractivity contribution in [2.75, 3.05) is 31.8 Å². The van der Waals surface area contributed by atoms with E-state index in [9.17, 15) is 0 Å². The average molecular weight is 482 g/mol. The molecule has 36 heavy (non-hydrogen) atoms. The van der Waals surface area contributed by atoms with Crippen molar-refractivity contribution in [3.8, 4) is 11.8 Å². The third-order valence-electron chi connectivity index (χ3n) is 6.44. The lowest BCUT2D eigenvalue weighted by atomic mass is 9.83. The largest absolute Gasteiger partial charge is 0.490 e. The number of methoxy groups -OCH3 is 1. The molecular formula is C27H27N7O2. The van der Waals surface area contributed by atoms with Crippen LogP contribution in [0.3, 0.4) is 0 Å². The number of nitrogens with one attached hydrogen (secondary N) is 2. The molecule has 2 heterocycles. The van der Waals surface area contributed by atoms with Crippen LogP contribution in [0.5, 0.6) is 5.75 Å². The molecule has 1 aliphatic rings. The first-order valence-corrected chi connectivity index (χ1v) is 11.6. The van der Waals surface area contributed by atoms with Gasteiger partial charge in [-0.2, -0.15) is 10.2 Å². The number of pyridine rings is 1. The first kappa shape index (κ1) is 23.5. The van der Waals surface area contributed by atoms with Gasteiger partial charge < -0.3 is 20.1 Å². The number of aromatic nitrogens is 3. The zero-order chi connectivity index (χ0) is 25.1. The minimum atomic E-state index is -0.231. The second-order valence-corrected chi connectivity index (χ2v) is 8.98. The Morgan fingerprint density at radius 2 is 1.81 bits per heavy atom. The van der Waals surface area contributed by atoms with Crippen LogP contribution in [0.2, 0.25) is 0 Å². The number of rotatable bonds is 8. The number of fused-ring (bicyclic) bond motifs is 1. The maximum atomic E-state index is 9.14. The van der Waals surface area contributed by atoms with Crippen molar-refractivity contribution in [3.63, 3.8) is 0 Å². The van der Waals surface area contributed by atoms with Gasteiger partial charge in [-0.15, -0.1) is 0 Å². The Hall–Kier alpha value is -4.26. The van der Waals surface area contributed by atoms with E-state index in [1.54, 1.807) is 31.6 Å². The minimum absolute atomic E-state index is 0.133. The average Bonchev–Trinajstić information content (AvgIpc) is 2.86. The number of nitriles is 1. The molecule has 1 aliphatic carbocycles. The van der Waals surface area contributed by atoms with E-state index in [2.05, 4.69) is 36.6 Å². The number of ether oxygens (including phenoxy) is 2. The van der Waals surface area contributed by atoms with E-state index in [4.69, 9.17) is 14.7 Å². The molecule has 0 radical (unpaired) electrons. The molecule has 5 rings (SSSR count). The van der Waals surface area contributed by atoms with E-state index in [1.807, 2.05) is 56.6 Å². The van der Waals surface area contributed by atoms with E-state index in [1.165, 1.54) is 0 Å². The summed E-state index contributed by atoms with van der Waals surface area (Å²) in [7, 11) is 5.79. The number of hydrogen-bond donors (Lipinski definition) is 2. The highest BCUT2D eigenvalue weighted by atomic mass is 16.5. The first-order valence-electron chi connectivity index (χ1n) is 11.6. The molecule has 1 saturated carbocycles. The molecule has 2 aromatic heterocycles. The van der Waals surface area contributed by atoms with E-state index in [-0.39, 0.29) is 11.8 Å². The van der Waals surface area contributed by atoms with Gasteiger partial charge in [-0.25, -0.2) is 4.98 Å². The number of hydrogen-bond acceptors (Lipinski definition) is 9. The monoisotopic (exact) mass is 481 g/mol. The van der Waals surface area contributed by atoms with Gasteiger partial charge in [0.15, 0.2) is 0 Å². The van der Waals surface area contributed by atoms with E-state index in [0.717, 1.165) is 40.9 Å². The van der Waals surface area contributed by atoms with Crippen molar-refractivity contribution in [3.05, 3.63) is 72.6 Å². The zero-order valence-electron chi connectivity index (χ0n) is 20.4. The van der Waals surface area contributed by atoms with Crippen LogP contribution in [0.25, 0.3) is 10.9 Å². The smallest absolute Gasteiger partial charge is 0.229 e. The molecule has 0 unspecified atom stereocenters. The van der Waals surface area contributed by atoms with Gasteiger partial charge >= 0.3 is 0 Å². The van der Waals surface area contributed by atoms with Gasteiger partial charge in [0.1, 0.15) is 23.4 Å². The van der Waals surface area contributed by atoms with Gasteiger partial charge in [-0.3, -0.25) is 9.88 Å². The molecule has 182 valence electrons. The predicted octanol–water partition coefficient (Wildman–Crippen LogP) is 4.83. The normalized spacial score (nSPS) is 18.9. The van der Waals surface area contributed by atoms with Gasteiger partial charge in [0.2, 0.25) is 5.95 Å². The topological polar surface area (TPSA) is 108 Å². The third kappa shape index (κ3) is 4.91. The van der Waals surface area contributed by atoms with Crippen LogP contribution in [0.15, 0.2) is 67.0 Å². The fraction of sp³-hybridized carbons (Fsp3) is 0.259. The van der Waals surface area contributed by atoms with Crippen molar-refractivity contribution in [2.24, 2.45) is 0 Å². The molecule has 4 aromatic rings. The quantitative estimate of drug-likeness (QED) is 0.342. The maximum absolute atomic E-state index is 9.14. The molecule has 9 nitrogen and oxygen atoms in total. The van der Waals surface area contributed by atoms with Crippen molar-refractivity contribution in [2.45, 2.75) is 24.7 Å². The number of anilines is 4. The standard InChI is InChI=1S/C27H27N7O2/c1-34(2)27(35-3)14-23(15-27)36-22-7-5-20(6-8-22)32-26-29-11-10-25(33-26)31-21-13-19-12-18(16-28)4-9-24(19)30-17-21/h4-13,17,23H,14-15H2,1-3H3,(H2,29,31,32,33). The lowest BCUT2D eigenvalue weighted by Crippen LogP contribution is -2.59. The van der Waals surface area contributed by atoms with Crippen LogP contribution < -0.4 is 15.4 Å². The van der Waals surface area contributed by atoms with Gasteiger partial charge in [0.25, 0.3) is 0 Å². The van der Waals surface area contributed by atoms with Crippen molar-refractivity contribution in [1.29, 1.82) is 5.26 Å². The molecule has 0 saturated heterocycles. The molecule has 0 spiro atoms. The highest BCUT2D eigenvalue weighted by Crippen LogP contribution is 2.39. The second-order valence-electron chi connectivity index (χ2n) is 8.98. The number of nitrogens with zero attached hydrogens (tertiary/aromatic N) is 5. The Morgan fingerprint density at radius 3 is 2.53 bits per heavy atom. The Labute approximate surface area is 209 Å². The summed E-state index contributed by atoms with van der Waals surface area (Å²) in [5.74, 6) is 1.90. The molecule has 2 N–H and O–H groups in total. The van der Waals surface area contributed by atoms with Gasteiger partial charge in [-0.05, 0) is 68.7 Å². The highest BCUT2D eigenvalue weighted by Gasteiger charge is 2.48. The van der Waals surface area contributed by atoms with Gasteiger partial charge in [0, 0.05) is 37.2 Å². The fourth-order valence-electron chi connectivity index (χ4n) is 4.29. The number of benzene rings is 2. The van der Waals surface area contributed by atoms with Crippen LogP contribution in [0.1, 0.15) is 18.4 Å². The summed E-state index contributed by atoms with van der Waals surface area (Å²) in [6.45, 7) is 0. The van der Waals surface area contributed by atoms with E-state index < -0.39 is 0 Å². The van der Waals surface area contributed by atoms with Gasteiger partial charge in [0.05, 0.1) is 29.0 Å². The lowest BCUT2D eigenvalue weighted by Gasteiger charge is -2.50. The van der Waals surface area contributed by atoms with Gasteiger partial charge in [-0.1, -0.05) is 0 Å². The first-order chi connectivity index (χ1) is 17.5. The minimum Gasteiger partial charge on any atom is -0.490 e. The van der Waals surface area contributed by atoms with Crippen LogP contribution in [0, 0.1) is 11.3 Å². The van der Waals surface area contributed by atoms with E-state index in [0.29, 0.717) is 17.3 Å². The Balaban J connectivity index is 1.21. The zero-order valence-corrected chi connectivity index (χ0v) is 20.4. The van der Waals surface area contributed by atoms with Crippen molar-refractivity contribution in [1.82, 2.24) is 19.9 Å². The Kier molecular flexibility index (Phi) is 6.38. The highest BCUT2D eigenvalue weighted by molar-refractivity contribution is 5.83. The summed E-state index contributed by atoms with van der Waals surface area (Å²) in [5.41, 5.74) is 2.81. The molecule has 0 atom stereocenters. The van der Waals surface area contributed by atoms with Crippen LogP contribution in [-0.4, -0.2) is 52.9 Å². The Bertz CT molecular complexity index is 1410. The molecule has 0 bridgehead atoms. The Morgan fingerprint density at radius 1 is 1.00 bits per heavy atom. The SMILES string of the molecule is COC1(N(C)C)CC(Oc2ccc(Nc3nccc(Nc4cnc5ccc(C#N)cc5c4)n3)cc2)C1. The van der Waals surface area contributed by atoms with Crippen molar-refractivity contribution >= 4 is 34.0 Å². The van der Waals surface area contributed by atoms with Crippen LogP contribution in [0.4, 0.5) is 23.1 Å². The summed E-state index contributed by atoms with van der Waals surface area (Å²) in [6.07, 6.45) is 5.21. The molecule has 1 fully saturated rings. The molecule has 2 aromatic carbocycles. The van der Waals surface area contributed by atoms with Crippen molar-refractivity contribution < 1.29 is 9.47 Å². The molecule has 9 heteroatoms. The molecular weight excluding hydrogens is 454 g/mol. The van der Waals surface area contributed by atoms with Crippen LogP contribution >= 0.6 is 0 Å². The molecule has 0 amide bonds. The molecule has 0 aliphatic heterocycles. The fourth-order valence-corrected chi connectivity index (χ4v) is 4.29. The van der Waals surface area contributed by atoms with Crippen LogP contribution in [-0.2, 0) is 4.74 Å². The summed E-state index contributed by atoms with van der Waals surface area (Å²) in [6, 6.07) is 19.0. The predicted molar refractivity (Wildman–Crippen MR) is 139 cm³/mol. The lowest BCUT2D eigenvalue weighted by molar-refractivity contribution is -0.204. The summed E-state index contributed by atoms with van der Waals surface area (Å²) < 4.78 is 11.8.